The molecule has 2 aliphatic carbocycles. The Morgan fingerprint density at radius 2 is 1.82 bits per heavy atom. The number of carbonyl (C=O) groups excluding carboxylic acids is 4. The summed E-state index contributed by atoms with van der Waals surface area (Å²) in [6.07, 6.45) is 2.43. The second-order valence-corrected chi connectivity index (χ2v) is 11.5. The second-order valence-electron chi connectivity index (χ2n) is 11.1. The molecule has 2 aliphatic heterocycles. The first-order chi connectivity index (χ1) is 19.0. The zero-order valence-corrected chi connectivity index (χ0v) is 22.9. The third kappa shape index (κ3) is 3.43. The number of benzene rings is 2. The van der Waals surface area contributed by atoms with E-state index in [4.69, 9.17) is 16.3 Å². The van der Waals surface area contributed by atoms with Gasteiger partial charge in [0.25, 0.3) is 0 Å². The Hall–Kier alpha value is -3.72. The lowest BCUT2D eigenvalue weighted by Crippen LogP contribution is -2.48. The molecule has 2 aromatic carbocycles. The van der Waals surface area contributed by atoms with Crippen LogP contribution in [0, 0.1) is 34.9 Å². The summed E-state index contributed by atoms with van der Waals surface area (Å²) in [5.74, 6) is -5.16. The second kappa shape index (κ2) is 9.16. The molecule has 0 aromatic heterocycles. The molecule has 2 aromatic rings. The fourth-order valence-electron chi connectivity index (χ4n) is 7.50. The van der Waals surface area contributed by atoms with Crippen molar-refractivity contribution in [1.82, 2.24) is 4.90 Å². The molecule has 40 heavy (non-hydrogen) atoms. The fourth-order valence-corrected chi connectivity index (χ4v) is 7.68. The molecule has 4 aliphatic rings. The lowest BCUT2D eigenvalue weighted by Gasteiger charge is -2.49. The summed E-state index contributed by atoms with van der Waals surface area (Å²) in [5.41, 5.74) is -0.00421. The molecule has 1 saturated carbocycles. The van der Waals surface area contributed by atoms with E-state index in [1.165, 1.54) is 30.2 Å². The van der Waals surface area contributed by atoms with E-state index in [1.807, 2.05) is 6.08 Å². The number of likely N-dealkylation sites (tertiary alicyclic amines) is 1. The molecule has 208 valence electrons. The molecule has 10 heteroatoms. The minimum atomic E-state index is -1.34. The highest BCUT2D eigenvalue weighted by molar-refractivity contribution is 6.31. The number of anilines is 1. The fraction of sp³-hybridized carbons (Fsp3) is 0.400. The number of hydrogen-bond donors (Lipinski definition) is 1. The number of allylic oxidation sites excluding steroid dienone is 2. The summed E-state index contributed by atoms with van der Waals surface area (Å²) in [4.78, 5) is 57.3. The lowest BCUT2D eigenvalue weighted by molar-refractivity contribution is -0.140. The van der Waals surface area contributed by atoms with Gasteiger partial charge in [-0.05, 0) is 56.9 Å². The van der Waals surface area contributed by atoms with Gasteiger partial charge in [-0.15, -0.1) is 0 Å². The molecule has 0 spiro atoms. The normalized spacial score (nSPS) is 31.2. The van der Waals surface area contributed by atoms with Crippen molar-refractivity contribution in [2.24, 2.45) is 29.1 Å². The van der Waals surface area contributed by atoms with Crippen LogP contribution in [0.1, 0.15) is 38.2 Å². The van der Waals surface area contributed by atoms with E-state index in [1.54, 1.807) is 26.0 Å². The molecule has 0 bridgehead atoms. The Morgan fingerprint density at radius 1 is 1.07 bits per heavy atom. The number of phenols is 1. The number of aromatic hydroxyl groups is 1. The molecule has 4 amide bonds. The Labute approximate surface area is 235 Å². The van der Waals surface area contributed by atoms with Crippen molar-refractivity contribution in [3.63, 3.8) is 0 Å². The predicted octanol–water partition coefficient (Wildman–Crippen LogP) is 4.44. The van der Waals surface area contributed by atoms with Crippen LogP contribution >= 0.6 is 11.6 Å². The number of fused-ring (bicyclic) bond motifs is 4. The monoisotopic (exact) mass is 566 g/mol. The van der Waals surface area contributed by atoms with Gasteiger partial charge in [0.15, 0.2) is 0 Å². The number of ether oxygens (including phenoxy) is 1. The molecule has 6 rings (SSSR count). The molecular weight excluding hydrogens is 539 g/mol. The molecule has 2 saturated heterocycles. The van der Waals surface area contributed by atoms with Gasteiger partial charge >= 0.3 is 0 Å². The number of nitrogens with zero attached hydrogens (tertiary/aromatic N) is 2. The van der Waals surface area contributed by atoms with Gasteiger partial charge in [0.05, 0.1) is 41.0 Å². The van der Waals surface area contributed by atoms with Gasteiger partial charge in [0.1, 0.15) is 17.3 Å². The van der Waals surface area contributed by atoms with Crippen LogP contribution in [0.5, 0.6) is 11.5 Å². The van der Waals surface area contributed by atoms with E-state index in [0.29, 0.717) is 17.7 Å². The number of methoxy groups -OCH3 is 1. The summed E-state index contributed by atoms with van der Waals surface area (Å²) >= 11 is 6.01. The van der Waals surface area contributed by atoms with Crippen LogP contribution in [0.25, 0.3) is 0 Å². The maximum absolute atomic E-state index is 14.3. The Balaban J connectivity index is 1.54. The molecule has 3 fully saturated rings. The van der Waals surface area contributed by atoms with Gasteiger partial charge in [-0.25, -0.2) is 9.29 Å². The quantitative estimate of drug-likeness (QED) is 0.433. The minimum Gasteiger partial charge on any atom is -0.508 e. The number of amides is 4. The third-order valence-corrected chi connectivity index (χ3v) is 9.68. The van der Waals surface area contributed by atoms with Gasteiger partial charge in [0, 0.05) is 24.1 Å². The van der Waals surface area contributed by atoms with E-state index in [0.717, 1.165) is 16.5 Å². The summed E-state index contributed by atoms with van der Waals surface area (Å²) in [6, 6.07) is 8.47. The summed E-state index contributed by atoms with van der Waals surface area (Å²) in [6.45, 7) is 3.72. The SMILES string of the molecule is CCN1C(=O)[C@H]2[C@H](CC=C3[C@H]2C[C@H]2C(=O)N(c4ccc(F)c(Cl)c4)C(=O)[C@@]2(C)[C@H]3c2ccc(OC)cc2O)C1=O. The lowest BCUT2D eigenvalue weighted by atomic mass is 9.51. The molecule has 2 heterocycles. The first kappa shape index (κ1) is 26.5. The highest BCUT2D eigenvalue weighted by Crippen LogP contribution is 2.64. The average Bonchev–Trinajstić information content (AvgIpc) is 3.29. The molecule has 8 nitrogen and oxygen atoms in total. The Kier molecular flexibility index (Phi) is 6.07. The smallest absolute Gasteiger partial charge is 0.241 e. The van der Waals surface area contributed by atoms with Crippen molar-refractivity contribution in [1.29, 1.82) is 0 Å². The Bertz CT molecular complexity index is 1520. The highest BCUT2D eigenvalue weighted by Gasteiger charge is 2.67. The van der Waals surface area contributed by atoms with Crippen LogP contribution in [0.2, 0.25) is 5.02 Å². The predicted molar refractivity (Wildman–Crippen MR) is 143 cm³/mol. The number of hydrogen-bond acceptors (Lipinski definition) is 6. The van der Waals surface area contributed by atoms with Crippen LogP contribution < -0.4 is 9.64 Å². The average molecular weight is 567 g/mol. The van der Waals surface area contributed by atoms with E-state index in [2.05, 4.69) is 0 Å². The molecule has 1 N–H and O–H groups in total. The van der Waals surface area contributed by atoms with Crippen molar-refractivity contribution >= 4 is 40.9 Å². The molecular formula is C30H28ClFN2O6. The zero-order valence-electron chi connectivity index (χ0n) is 22.2. The maximum atomic E-state index is 14.3. The molecule has 0 radical (unpaired) electrons. The number of halogens is 2. The van der Waals surface area contributed by atoms with E-state index >= 15 is 0 Å². The number of rotatable bonds is 4. The number of carbonyl (C=O) groups is 4. The van der Waals surface area contributed by atoms with Crippen molar-refractivity contribution in [3.8, 4) is 11.5 Å². The number of imide groups is 2. The minimum absolute atomic E-state index is 0.111. The van der Waals surface area contributed by atoms with Crippen LogP contribution in [0.4, 0.5) is 10.1 Å². The van der Waals surface area contributed by atoms with E-state index in [-0.39, 0.29) is 41.2 Å². The van der Waals surface area contributed by atoms with Crippen LogP contribution in [0.3, 0.4) is 0 Å². The third-order valence-electron chi connectivity index (χ3n) is 9.39. The summed E-state index contributed by atoms with van der Waals surface area (Å²) in [7, 11) is 1.47. The maximum Gasteiger partial charge on any atom is 0.241 e. The summed E-state index contributed by atoms with van der Waals surface area (Å²) < 4.78 is 19.2. The zero-order chi connectivity index (χ0) is 28.7. The highest BCUT2D eigenvalue weighted by atomic mass is 35.5. The molecule has 0 unspecified atom stereocenters. The van der Waals surface area contributed by atoms with Gasteiger partial charge in [-0.1, -0.05) is 29.3 Å². The van der Waals surface area contributed by atoms with Gasteiger partial charge in [-0.3, -0.25) is 24.1 Å². The first-order valence-electron chi connectivity index (χ1n) is 13.3. The van der Waals surface area contributed by atoms with E-state index in [9.17, 15) is 28.7 Å². The topological polar surface area (TPSA) is 104 Å². The van der Waals surface area contributed by atoms with Gasteiger partial charge in [-0.2, -0.15) is 0 Å². The van der Waals surface area contributed by atoms with Crippen molar-refractivity contribution < 1.29 is 33.4 Å². The van der Waals surface area contributed by atoms with E-state index < -0.39 is 52.6 Å². The van der Waals surface area contributed by atoms with Crippen LogP contribution in [-0.4, -0.2) is 47.3 Å². The number of phenolic OH excluding ortho intramolecular Hbond substituents is 1. The van der Waals surface area contributed by atoms with Crippen molar-refractivity contribution in [2.45, 2.75) is 32.6 Å². The van der Waals surface area contributed by atoms with Crippen molar-refractivity contribution in [2.75, 3.05) is 18.6 Å². The summed E-state index contributed by atoms with van der Waals surface area (Å²) in [5, 5.41) is 10.9. The van der Waals surface area contributed by atoms with Crippen LogP contribution in [0.15, 0.2) is 48.0 Å². The largest absolute Gasteiger partial charge is 0.508 e. The van der Waals surface area contributed by atoms with Gasteiger partial charge < -0.3 is 9.84 Å². The van der Waals surface area contributed by atoms with Gasteiger partial charge in [0.2, 0.25) is 23.6 Å². The van der Waals surface area contributed by atoms with Crippen molar-refractivity contribution in [3.05, 3.63) is 64.5 Å². The molecule has 6 atom stereocenters. The first-order valence-corrected chi connectivity index (χ1v) is 13.7. The standard InChI is InChI=1S/C30H28ClFN2O6/c1-4-33-26(36)18-9-8-16-19(24(18)28(33)38)13-20-27(37)34(14-5-10-22(32)21(31)11-14)29(39)30(20,2)25(16)17-7-6-15(40-3)12-23(17)35/h5-8,10-12,18-20,24-25,35H,4,9,13H2,1-3H3/t18-,19+,20-,24-,25+,30+/m0/s1. The Morgan fingerprint density at radius 3 is 2.48 bits per heavy atom. The van der Waals surface area contributed by atoms with Crippen LogP contribution in [-0.2, 0) is 19.2 Å².